The average molecular weight is 271 g/mol. The molecule has 3 nitrogen and oxygen atoms in total. The van der Waals surface area contributed by atoms with Crippen molar-refractivity contribution in [2.75, 3.05) is 27.2 Å². The summed E-state index contributed by atoms with van der Waals surface area (Å²) in [6, 6.07) is 7.89. The second kappa shape index (κ2) is 6.53. The van der Waals surface area contributed by atoms with E-state index in [9.17, 15) is 5.11 Å². The molecule has 0 bridgehead atoms. The summed E-state index contributed by atoms with van der Waals surface area (Å²) < 4.78 is 0. The van der Waals surface area contributed by atoms with Crippen LogP contribution in [-0.2, 0) is 0 Å². The van der Waals surface area contributed by atoms with Crippen molar-refractivity contribution < 1.29 is 5.11 Å². The van der Waals surface area contributed by atoms with Crippen LogP contribution in [0.1, 0.15) is 25.5 Å². The molecule has 1 aromatic carbocycles. The minimum absolute atomic E-state index is 0.118. The van der Waals surface area contributed by atoms with E-state index < -0.39 is 5.60 Å². The van der Waals surface area contributed by atoms with Crippen LogP contribution < -0.4 is 5.32 Å². The minimum Gasteiger partial charge on any atom is -0.388 e. The van der Waals surface area contributed by atoms with Crippen LogP contribution in [-0.4, -0.2) is 42.8 Å². The first kappa shape index (κ1) is 15.4. The number of hydrogen-bond acceptors (Lipinski definition) is 3. The van der Waals surface area contributed by atoms with Crippen molar-refractivity contribution in [3.63, 3.8) is 0 Å². The fraction of sp³-hybridized carbons (Fsp3) is 0.571. The zero-order chi connectivity index (χ0) is 13.8. The molecule has 0 spiro atoms. The smallest absolute Gasteiger partial charge is 0.0869 e. The number of aliphatic hydroxyl groups is 1. The first-order chi connectivity index (χ1) is 8.32. The molecule has 0 amide bonds. The van der Waals surface area contributed by atoms with Gasteiger partial charge < -0.3 is 15.3 Å². The molecule has 1 rings (SSSR count). The summed E-state index contributed by atoms with van der Waals surface area (Å²) in [7, 11) is 3.90. The Balaban J connectivity index is 2.56. The molecule has 0 aliphatic carbocycles. The predicted octanol–water partition coefficient (Wildman–Crippen LogP) is 2.30. The van der Waals surface area contributed by atoms with Crippen LogP contribution >= 0.6 is 11.6 Å². The van der Waals surface area contributed by atoms with E-state index in [-0.39, 0.29) is 6.04 Å². The van der Waals surface area contributed by atoms with Crippen LogP contribution in [0.2, 0.25) is 5.02 Å². The van der Waals surface area contributed by atoms with Gasteiger partial charge in [-0.05, 0) is 39.6 Å². The highest BCUT2D eigenvalue weighted by atomic mass is 35.5. The lowest BCUT2D eigenvalue weighted by Crippen LogP contribution is -2.46. The summed E-state index contributed by atoms with van der Waals surface area (Å²) >= 11 is 6.14. The van der Waals surface area contributed by atoms with Crippen LogP contribution in [0, 0.1) is 0 Å². The lowest BCUT2D eigenvalue weighted by molar-refractivity contribution is 0.0317. The Labute approximate surface area is 115 Å². The molecule has 0 aliphatic heterocycles. The van der Waals surface area contributed by atoms with Gasteiger partial charge in [0.25, 0.3) is 0 Å². The third-order valence-corrected chi connectivity index (χ3v) is 3.16. The maximum Gasteiger partial charge on any atom is 0.0869 e. The third kappa shape index (κ3) is 4.94. The molecule has 1 aromatic rings. The fourth-order valence-electron chi connectivity index (χ4n) is 2.05. The van der Waals surface area contributed by atoms with Crippen LogP contribution in [0.3, 0.4) is 0 Å². The Bertz CT molecular complexity index is 380. The Morgan fingerprint density at radius 3 is 2.56 bits per heavy atom. The SMILES string of the molecule is CC(NCC(C)(O)CN(C)C)c1ccccc1Cl. The van der Waals surface area contributed by atoms with Crippen molar-refractivity contribution in [1.82, 2.24) is 10.2 Å². The zero-order valence-electron chi connectivity index (χ0n) is 11.6. The number of likely N-dealkylation sites (N-methyl/N-ethyl adjacent to an activating group) is 1. The van der Waals surface area contributed by atoms with E-state index in [1.54, 1.807) is 0 Å². The van der Waals surface area contributed by atoms with Crippen LogP contribution in [0.15, 0.2) is 24.3 Å². The third-order valence-electron chi connectivity index (χ3n) is 2.82. The molecule has 0 radical (unpaired) electrons. The summed E-state index contributed by atoms with van der Waals surface area (Å²) in [6.45, 7) is 5.03. The van der Waals surface area contributed by atoms with Gasteiger partial charge in [0.1, 0.15) is 0 Å². The monoisotopic (exact) mass is 270 g/mol. The molecule has 2 unspecified atom stereocenters. The van der Waals surface area contributed by atoms with Crippen LogP contribution in [0.4, 0.5) is 0 Å². The Morgan fingerprint density at radius 2 is 2.00 bits per heavy atom. The molecule has 0 fully saturated rings. The first-order valence-corrected chi connectivity index (χ1v) is 6.54. The molecule has 4 heteroatoms. The van der Waals surface area contributed by atoms with E-state index >= 15 is 0 Å². The van der Waals surface area contributed by atoms with Gasteiger partial charge in [-0.3, -0.25) is 0 Å². The van der Waals surface area contributed by atoms with Crippen molar-refractivity contribution >= 4 is 11.6 Å². The van der Waals surface area contributed by atoms with Crippen LogP contribution in [0.25, 0.3) is 0 Å². The number of nitrogens with zero attached hydrogens (tertiary/aromatic N) is 1. The van der Waals surface area contributed by atoms with Crippen molar-refractivity contribution in [3.05, 3.63) is 34.9 Å². The van der Waals surface area contributed by atoms with Gasteiger partial charge in [0.15, 0.2) is 0 Å². The van der Waals surface area contributed by atoms with E-state index in [1.165, 1.54) is 0 Å². The Morgan fingerprint density at radius 1 is 1.39 bits per heavy atom. The highest BCUT2D eigenvalue weighted by Gasteiger charge is 2.22. The van der Waals surface area contributed by atoms with E-state index in [2.05, 4.69) is 5.32 Å². The zero-order valence-corrected chi connectivity index (χ0v) is 12.3. The molecular weight excluding hydrogens is 248 g/mol. The maximum atomic E-state index is 10.2. The van der Waals surface area contributed by atoms with Crippen molar-refractivity contribution in [2.24, 2.45) is 0 Å². The van der Waals surface area contributed by atoms with Gasteiger partial charge in [0.2, 0.25) is 0 Å². The molecule has 102 valence electrons. The lowest BCUT2D eigenvalue weighted by Gasteiger charge is -2.29. The number of halogens is 1. The topological polar surface area (TPSA) is 35.5 Å². The second-order valence-electron chi connectivity index (χ2n) is 5.36. The van der Waals surface area contributed by atoms with Gasteiger partial charge >= 0.3 is 0 Å². The van der Waals surface area contributed by atoms with Crippen molar-refractivity contribution in [2.45, 2.75) is 25.5 Å². The molecule has 2 N–H and O–H groups in total. The molecular formula is C14H23ClN2O. The summed E-state index contributed by atoms with van der Waals surface area (Å²) in [4.78, 5) is 1.97. The fourth-order valence-corrected chi connectivity index (χ4v) is 2.35. The largest absolute Gasteiger partial charge is 0.388 e. The highest BCUT2D eigenvalue weighted by Crippen LogP contribution is 2.22. The predicted molar refractivity (Wildman–Crippen MR) is 77.0 cm³/mol. The van der Waals surface area contributed by atoms with Gasteiger partial charge in [0, 0.05) is 24.2 Å². The summed E-state index contributed by atoms with van der Waals surface area (Å²) in [5, 5.41) is 14.3. The molecule has 0 aliphatic rings. The number of nitrogens with one attached hydrogen (secondary N) is 1. The average Bonchev–Trinajstić information content (AvgIpc) is 2.25. The molecule has 0 saturated carbocycles. The Kier molecular flexibility index (Phi) is 5.60. The molecule has 2 atom stereocenters. The number of benzene rings is 1. The lowest BCUT2D eigenvalue weighted by atomic mass is 10.0. The summed E-state index contributed by atoms with van der Waals surface area (Å²) in [5.74, 6) is 0. The highest BCUT2D eigenvalue weighted by molar-refractivity contribution is 6.31. The minimum atomic E-state index is -0.751. The van der Waals surface area contributed by atoms with Crippen molar-refractivity contribution in [1.29, 1.82) is 0 Å². The standard InChI is InChI=1S/C14H23ClN2O/c1-11(12-7-5-6-8-13(12)15)16-9-14(2,18)10-17(3)4/h5-8,11,16,18H,9-10H2,1-4H3. The number of rotatable bonds is 6. The van der Waals surface area contributed by atoms with Gasteiger partial charge in [-0.1, -0.05) is 29.8 Å². The first-order valence-electron chi connectivity index (χ1n) is 6.17. The van der Waals surface area contributed by atoms with Gasteiger partial charge in [-0.25, -0.2) is 0 Å². The molecule has 0 saturated heterocycles. The van der Waals surface area contributed by atoms with Gasteiger partial charge in [-0.15, -0.1) is 0 Å². The van der Waals surface area contributed by atoms with E-state index in [0.717, 1.165) is 10.6 Å². The van der Waals surface area contributed by atoms with Gasteiger partial charge in [-0.2, -0.15) is 0 Å². The Hall–Kier alpha value is -0.610. The normalized spacial score (nSPS) is 16.6. The molecule has 18 heavy (non-hydrogen) atoms. The number of hydrogen-bond donors (Lipinski definition) is 2. The van der Waals surface area contributed by atoms with Crippen molar-refractivity contribution in [3.8, 4) is 0 Å². The maximum absolute atomic E-state index is 10.2. The molecule has 0 heterocycles. The van der Waals surface area contributed by atoms with E-state index in [1.807, 2.05) is 57.1 Å². The molecule has 0 aromatic heterocycles. The second-order valence-corrected chi connectivity index (χ2v) is 5.77. The van der Waals surface area contributed by atoms with E-state index in [4.69, 9.17) is 11.6 Å². The van der Waals surface area contributed by atoms with Gasteiger partial charge in [0.05, 0.1) is 5.60 Å². The summed E-state index contributed by atoms with van der Waals surface area (Å²) in [6.07, 6.45) is 0. The quantitative estimate of drug-likeness (QED) is 0.833. The van der Waals surface area contributed by atoms with E-state index in [0.29, 0.717) is 13.1 Å². The van der Waals surface area contributed by atoms with Crippen LogP contribution in [0.5, 0.6) is 0 Å². The summed E-state index contributed by atoms with van der Waals surface area (Å²) in [5.41, 5.74) is 0.304.